The van der Waals surface area contributed by atoms with E-state index in [2.05, 4.69) is 31.2 Å². The average molecular weight is 269 g/mol. The van der Waals surface area contributed by atoms with Crippen LogP contribution in [0.1, 0.15) is 6.92 Å². The van der Waals surface area contributed by atoms with E-state index in [0.29, 0.717) is 3.97 Å². The van der Waals surface area contributed by atoms with Gasteiger partial charge in [0.15, 0.2) is 0 Å². The molecule has 0 N–H and O–H groups in total. The molecule has 0 saturated heterocycles. The normalized spacial score (nSPS) is 23.7. The van der Waals surface area contributed by atoms with Gasteiger partial charge in [0.1, 0.15) is 0 Å². The van der Waals surface area contributed by atoms with E-state index in [1.54, 1.807) is 0 Å². The first-order valence-electron chi connectivity index (χ1n) is 2.25. The van der Waals surface area contributed by atoms with Gasteiger partial charge in [0.05, 0.1) is 0 Å². The van der Waals surface area contributed by atoms with Crippen molar-refractivity contribution in [3.63, 3.8) is 0 Å². The second-order valence-corrected chi connectivity index (χ2v) is 4.58. The Labute approximate surface area is 54.2 Å². The number of hydrogen-bond donors (Lipinski definition) is 0. The maximum absolute atomic E-state index is 2.20. The van der Waals surface area contributed by atoms with Crippen LogP contribution in [0.25, 0.3) is 0 Å². The second kappa shape index (κ2) is 1.56. The molecule has 0 saturated carbocycles. The zero-order chi connectivity index (χ0) is 5.33. The zero-order valence-corrected chi connectivity index (χ0v) is 6.70. The SMILES string of the molecule is C[C]1([Os])C=CC=C1. The van der Waals surface area contributed by atoms with E-state index in [1.165, 1.54) is 0 Å². The Kier molecular flexibility index (Phi) is 1.17. The molecule has 0 radical (unpaired) electrons. The molecule has 0 aromatic heterocycles. The predicted octanol–water partition coefficient (Wildman–Crippen LogP) is 1.84. The molecule has 0 spiro atoms. The van der Waals surface area contributed by atoms with Crippen LogP contribution in [0.4, 0.5) is 0 Å². The van der Waals surface area contributed by atoms with Gasteiger partial charge >= 0.3 is 53.8 Å². The van der Waals surface area contributed by atoms with E-state index in [1.807, 2.05) is 18.6 Å². The van der Waals surface area contributed by atoms with Gasteiger partial charge in [-0.05, 0) is 0 Å². The quantitative estimate of drug-likeness (QED) is 0.629. The molecule has 0 bridgehead atoms. The third kappa shape index (κ3) is 1.25. The summed E-state index contributed by atoms with van der Waals surface area (Å²) in [4.78, 5) is 0. The van der Waals surface area contributed by atoms with Crippen molar-refractivity contribution in [1.29, 1.82) is 0 Å². The van der Waals surface area contributed by atoms with Gasteiger partial charge in [-0.2, -0.15) is 0 Å². The summed E-state index contributed by atoms with van der Waals surface area (Å²) >= 11 is 2.00. The monoisotopic (exact) mass is 271 g/mol. The van der Waals surface area contributed by atoms with Crippen LogP contribution in [-0.2, 0) is 18.6 Å². The van der Waals surface area contributed by atoms with E-state index in [4.69, 9.17) is 0 Å². The van der Waals surface area contributed by atoms with Crippen LogP contribution in [0.5, 0.6) is 0 Å². The molecule has 0 amide bonds. The molecule has 0 aromatic rings. The molecule has 1 heteroatoms. The van der Waals surface area contributed by atoms with Gasteiger partial charge in [-0.3, -0.25) is 0 Å². The molecule has 0 atom stereocenters. The summed E-state index contributed by atoms with van der Waals surface area (Å²) in [6.07, 6.45) is 8.58. The Bertz CT molecular complexity index is 106. The Balaban J connectivity index is 2.77. The summed E-state index contributed by atoms with van der Waals surface area (Å²) in [5.41, 5.74) is 0. The van der Waals surface area contributed by atoms with E-state index < -0.39 is 0 Å². The molecule has 0 heterocycles. The summed E-state index contributed by atoms with van der Waals surface area (Å²) in [7, 11) is 0. The van der Waals surface area contributed by atoms with Crippen molar-refractivity contribution < 1.29 is 18.6 Å². The van der Waals surface area contributed by atoms with Crippen LogP contribution in [0, 0.1) is 0 Å². The van der Waals surface area contributed by atoms with Gasteiger partial charge in [-0.25, -0.2) is 0 Å². The van der Waals surface area contributed by atoms with Crippen LogP contribution in [0.15, 0.2) is 24.3 Å². The third-order valence-electron chi connectivity index (χ3n) is 0.947. The molecule has 1 aliphatic carbocycles. The molecule has 0 fully saturated rings. The van der Waals surface area contributed by atoms with Crippen LogP contribution < -0.4 is 0 Å². The number of allylic oxidation sites excluding steroid dienone is 4. The fraction of sp³-hybridized carbons (Fsp3) is 0.333. The molecule has 0 nitrogen and oxygen atoms in total. The van der Waals surface area contributed by atoms with Crippen molar-refractivity contribution in [2.24, 2.45) is 0 Å². The molecule has 0 aromatic carbocycles. The summed E-state index contributed by atoms with van der Waals surface area (Å²) in [6, 6.07) is 0. The van der Waals surface area contributed by atoms with E-state index in [0.717, 1.165) is 0 Å². The average Bonchev–Trinajstić information content (AvgIpc) is 1.84. The van der Waals surface area contributed by atoms with Gasteiger partial charge in [-0.1, -0.05) is 0 Å². The summed E-state index contributed by atoms with van der Waals surface area (Å²) < 4.78 is 0.361. The van der Waals surface area contributed by atoms with Gasteiger partial charge < -0.3 is 0 Å². The summed E-state index contributed by atoms with van der Waals surface area (Å²) in [5, 5.41) is 0. The molecule has 1 rings (SSSR count). The van der Waals surface area contributed by atoms with Crippen molar-refractivity contribution in [2.75, 3.05) is 0 Å². The second-order valence-electron chi connectivity index (χ2n) is 1.84. The molecule has 1 aliphatic rings. The first kappa shape index (κ1) is 5.26. The minimum absolute atomic E-state index is 0.361. The van der Waals surface area contributed by atoms with Gasteiger partial charge in [0.2, 0.25) is 0 Å². The number of rotatable bonds is 0. The maximum atomic E-state index is 2.20. The van der Waals surface area contributed by atoms with E-state index >= 15 is 0 Å². The Hall–Kier alpha value is 0.116. The van der Waals surface area contributed by atoms with Crippen LogP contribution in [0.3, 0.4) is 0 Å². The molecule has 0 aliphatic heterocycles. The van der Waals surface area contributed by atoms with Crippen molar-refractivity contribution >= 4 is 0 Å². The molecular weight excluding hydrogens is 262 g/mol. The van der Waals surface area contributed by atoms with Gasteiger partial charge in [0, 0.05) is 0 Å². The molecule has 7 heavy (non-hydrogen) atoms. The molecule has 39 valence electrons. The molecular formula is C6H7Os. The third-order valence-corrected chi connectivity index (χ3v) is 1.79. The summed E-state index contributed by atoms with van der Waals surface area (Å²) in [6.45, 7) is 2.20. The number of hydrogen-bond acceptors (Lipinski definition) is 0. The Morgan fingerprint density at radius 3 is 1.86 bits per heavy atom. The van der Waals surface area contributed by atoms with Crippen molar-refractivity contribution in [1.82, 2.24) is 0 Å². The van der Waals surface area contributed by atoms with Crippen LogP contribution >= 0.6 is 0 Å². The first-order chi connectivity index (χ1) is 3.21. The van der Waals surface area contributed by atoms with Crippen LogP contribution in [0.2, 0.25) is 3.97 Å². The van der Waals surface area contributed by atoms with Crippen LogP contribution in [-0.4, -0.2) is 0 Å². The topological polar surface area (TPSA) is 0 Å². The fourth-order valence-corrected chi connectivity index (χ4v) is 1.03. The van der Waals surface area contributed by atoms with E-state index in [-0.39, 0.29) is 0 Å². The minimum atomic E-state index is 0.361. The standard InChI is InChI=1S/C6H7.Os/c1-6-4-2-3-5-6;/h2-5H,1H3;. The Morgan fingerprint density at radius 1 is 1.29 bits per heavy atom. The Morgan fingerprint density at radius 2 is 1.71 bits per heavy atom. The van der Waals surface area contributed by atoms with Crippen molar-refractivity contribution in [2.45, 2.75) is 10.9 Å². The van der Waals surface area contributed by atoms with Gasteiger partial charge in [-0.15, -0.1) is 0 Å². The first-order valence-corrected chi connectivity index (χ1v) is 3.52. The summed E-state index contributed by atoms with van der Waals surface area (Å²) in [5.74, 6) is 0. The zero-order valence-electron chi connectivity index (χ0n) is 4.16. The molecule has 0 unspecified atom stereocenters. The van der Waals surface area contributed by atoms with E-state index in [9.17, 15) is 0 Å². The van der Waals surface area contributed by atoms with Crippen molar-refractivity contribution in [3.8, 4) is 0 Å². The fourth-order valence-electron chi connectivity index (χ4n) is 0.538. The van der Waals surface area contributed by atoms with Gasteiger partial charge in [0.25, 0.3) is 0 Å². The van der Waals surface area contributed by atoms with Crippen molar-refractivity contribution in [3.05, 3.63) is 24.3 Å². The predicted molar refractivity (Wildman–Crippen MR) is 26.6 cm³/mol.